The summed E-state index contributed by atoms with van der Waals surface area (Å²) in [6.07, 6.45) is 2.62. The Morgan fingerprint density at radius 2 is 2.31 bits per heavy atom. The molecule has 5 nitrogen and oxygen atoms in total. The molecule has 2 aliphatic rings. The van der Waals surface area contributed by atoms with Crippen molar-refractivity contribution >= 4 is 11.9 Å². The maximum Gasteiger partial charge on any atom is 0.329 e. The molecule has 0 aliphatic carbocycles. The molecule has 2 rings (SSSR count). The van der Waals surface area contributed by atoms with Gasteiger partial charge in [0.15, 0.2) is 5.84 Å². The summed E-state index contributed by atoms with van der Waals surface area (Å²) in [4.78, 5) is 19.4. The lowest BCUT2D eigenvalue weighted by atomic mass is 10.1. The number of urea groups is 1. The fourth-order valence-electron chi connectivity index (χ4n) is 1.45. The molecule has 0 saturated heterocycles. The van der Waals surface area contributed by atoms with E-state index in [0.29, 0.717) is 12.4 Å². The molecule has 0 radical (unpaired) electrons. The van der Waals surface area contributed by atoms with E-state index in [4.69, 9.17) is 4.84 Å². The van der Waals surface area contributed by atoms with E-state index in [0.717, 1.165) is 12.0 Å². The molecule has 0 N–H and O–H groups in total. The maximum absolute atomic E-state index is 11.5. The summed E-state index contributed by atoms with van der Waals surface area (Å²) in [5, 5.41) is 3.84. The highest BCUT2D eigenvalue weighted by Gasteiger charge is 2.29. The van der Waals surface area contributed by atoms with Gasteiger partial charge in [-0.1, -0.05) is 5.16 Å². The number of amidine groups is 1. The molecule has 0 aromatic rings. The van der Waals surface area contributed by atoms with E-state index in [9.17, 15) is 4.79 Å². The highest BCUT2D eigenvalue weighted by Crippen LogP contribution is 2.19. The van der Waals surface area contributed by atoms with Gasteiger partial charge in [0.25, 0.3) is 0 Å². The van der Waals surface area contributed by atoms with Gasteiger partial charge in [-0.3, -0.25) is 4.90 Å². The first-order valence-electron chi connectivity index (χ1n) is 4.11. The summed E-state index contributed by atoms with van der Waals surface area (Å²) in [5.74, 6) is 0.634. The van der Waals surface area contributed by atoms with E-state index in [-0.39, 0.29) is 6.03 Å². The molecule has 0 saturated carbocycles. The van der Waals surface area contributed by atoms with Crippen molar-refractivity contribution in [3.8, 4) is 0 Å². The summed E-state index contributed by atoms with van der Waals surface area (Å²) in [7, 11) is 3.43. The number of hydrogen-bond donors (Lipinski definition) is 0. The number of amides is 2. The Morgan fingerprint density at radius 1 is 1.54 bits per heavy atom. The summed E-state index contributed by atoms with van der Waals surface area (Å²) in [6.45, 7) is 0.588. The SMILES string of the molecule is CN1C=C2CCON=C2N(C)C1=O. The normalized spacial score (nSPS) is 21.8. The molecule has 2 aliphatic heterocycles. The molecular weight excluding hydrogens is 170 g/mol. The molecule has 0 aromatic heterocycles. The van der Waals surface area contributed by atoms with Gasteiger partial charge in [0, 0.05) is 32.3 Å². The monoisotopic (exact) mass is 181 g/mol. The van der Waals surface area contributed by atoms with Crippen molar-refractivity contribution in [2.24, 2.45) is 5.16 Å². The number of rotatable bonds is 0. The van der Waals surface area contributed by atoms with E-state index in [1.165, 1.54) is 4.90 Å². The lowest BCUT2D eigenvalue weighted by molar-refractivity contribution is 0.131. The summed E-state index contributed by atoms with van der Waals surface area (Å²) >= 11 is 0. The molecule has 13 heavy (non-hydrogen) atoms. The third kappa shape index (κ3) is 1.16. The molecule has 0 atom stereocenters. The molecule has 0 aromatic carbocycles. The summed E-state index contributed by atoms with van der Waals surface area (Å²) in [5.41, 5.74) is 1.05. The molecule has 0 spiro atoms. The molecule has 0 bridgehead atoms. The minimum absolute atomic E-state index is 0.0898. The van der Waals surface area contributed by atoms with Gasteiger partial charge >= 0.3 is 6.03 Å². The Kier molecular flexibility index (Phi) is 1.72. The molecule has 2 heterocycles. The van der Waals surface area contributed by atoms with Crippen LogP contribution in [0.5, 0.6) is 0 Å². The molecular formula is C8H11N3O2. The Bertz CT molecular complexity index is 309. The Hall–Kier alpha value is -1.52. The topological polar surface area (TPSA) is 45.1 Å². The van der Waals surface area contributed by atoms with Crippen LogP contribution in [0.1, 0.15) is 6.42 Å². The van der Waals surface area contributed by atoms with Crippen molar-refractivity contribution in [3.63, 3.8) is 0 Å². The van der Waals surface area contributed by atoms with E-state index in [1.807, 2.05) is 6.20 Å². The zero-order valence-electron chi connectivity index (χ0n) is 7.65. The van der Waals surface area contributed by atoms with Crippen LogP contribution in [0, 0.1) is 0 Å². The predicted octanol–water partition coefficient (Wildman–Crippen LogP) is 0.601. The fourth-order valence-corrected chi connectivity index (χ4v) is 1.45. The van der Waals surface area contributed by atoms with Crippen LogP contribution in [0.15, 0.2) is 16.9 Å². The lowest BCUT2D eigenvalue weighted by Crippen LogP contribution is -2.46. The second-order valence-corrected chi connectivity index (χ2v) is 3.10. The first-order valence-corrected chi connectivity index (χ1v) is 4.11. The summed E-state index contributed by atoms with van der Waals surface area (Å²) < 4.78 is 0. The number of carbonyl (C=O) groups is 1. The van der Waals surface area contributed by atoms with Crippen LogP contribution in [-0.4, -0.2) is 42.4 Å². The summed E-state index contributed by atoms with van der Waals surface area (Å²) in [6, 6.07) is -0.0898. The quantitative estimate of drug-likeness (QED) is 0.549. The smallest absolute Gasteiger partial charge is 0.329 e. The number of fused-ring (bicyclic) bond motifs is 1. The average Bonchev–Trinajstić information content (AvgIpc) is 2.15. The Labute approximate surface area is 76.2 Å². The standard InChI is InChI=1S/C8H11N3O2/c1-10-5-6-3-4-13-9-7(6)11(2)8(10)12/h5H,3-4H2,1-2H3. The van der Waals surface area contributed by atoms with Crippen molar-refractivity contribution in [2.45, 2.75) is 6.42 Å². The van der Waals surface area contributed by atoms with Crippen molar-refractivity contribution in [1.82, 2.24) is 9.80 Å². The van der Waals surface area contributed by atoms with Crippen molar-refractivity contribution in [1.29, 1.82) is 0 Å². The number of oxime groups is 1. The number of nitrogens with zero attached hydrogens (tertiary/aromatic N) is 3. The molecule has 0 fully saturated rings. The number of carbonyl (C=O) groups excluding carboxylic acids is 1. The van der Waals surface area contributed by atoms with E-state index in [2.05, 4.69) is 5.16 Å². The maximum atomic E-state index is 11.5. The van der Waals surface area contributed by atoms with Gasteiger partial charge < -0.3 is 9.74 Å². The Balaban J connectivity index is 2.40. The van der Waals surface area contributed by atoms with Gasteiger partial charge in [-0.25, -0.2) is 4.79 Å². The highest BCUT2D eigenvalue weighted by molar-refractivity contribution is 6.09. The van der Waals surface area contributed by atoms with Crippen LogP contribution in [0.4, 0.5) is 4.79 Å². The first kappa shape index (κ1) is 8.10. The van der Waals surface area contributed by atoms with Crippen molar-refractivity contribution in [2.75, 3.05) is 20.7 Å². The van der Waals surface area contributed by atoms with Gasteiger partial charge in [-0.05, 0) is 0 Å². The third-order valence-corrected chi connectivity index (χ3v) is 2.16. The molecule has 0 unspecified atom stereocenters. The van der Waals surface area contributed by atoms with Crippen LogP contribution in [-0.2, 0) is 4.84 Å². The lowest BCUT2D eigenvalue weighted by Gasteiger charge is -2.31. The van der Waals surface area contributed by atoms with Gasteiger partial charge in [0.05, 0.1) is 0 Å². The van der Waals surface area contributed by atoms with E-state index < -0.39 is 0 Å². The zero-order chi connectivity index (χ0) is 9.42. The first-order chi connectivity index (χ1) is 6.20. The zero-order valence-corrected chi connectivity index (χ0v) is 7.65. The third-order valence-electron chi connectivity index (χ3n) is 2.16. The predicted molar refractivity (Wildman–Crippen MR) is 47.0 cm³/mol. The van der Waals surface area contributed by atoms with Crippen LogP contribution in [0.2, 0.25) is 0 Å². The minimum atomic E-state index is -0.0898. The number of likely N-dealkylation sites (N-methyl/N-ethyl adjacent to an activating group) is 1. The Morgan fingerprint density at radius 3 is 3.08 bits per heavy atom. The average molecular weight is 181 g/mol. The molecule has 5 heteroatoms. The van der Waals surface area contributed by atoms with Gasteiger partial charge in [0.2, 0.25) is 0 Å². The van der Waals surface area contributed by atoms with Crippen molar-refractivity contribution in [3.05, 3.63) is 11.8 Å². The molecule has 70 valence electrons. The largest absolute Gasteiger partial charge is 0.394 e. The second kappa shape index (κ2) is 2.76. The second-order valence-electron chi connectivity index (χ2n) is 3.10. The van der Waals surface area contributed by atoms with Crippen molar-refractivity contribution < 1.29 is 9.63 Å². The van der Waals surface area contributed by atoms with Crippen LogP contribution in [0.3, 0.4) is 0 Å². The highest BCUT2D eigenvalue weighted by atomic mass is 16.6. The van der Waals surface area contributed by atoms with Crippen LogP contribution in [0.25, 0.3) is 0 Å². The van der Waals surface area contributed by atoms with Gasteiger partial charge in [-0.15, -0.1) is 0 Å². The van der Waals surface area contributed by atoms with Gasteiger partial charge in [-0.2, -0.15) is 0 Å². The van der Waals surface area contributed by atoms with E-state index >= 15 is 0 Å². The minimum Gasteiger partial charge on any atom is -0.394 e. The molecule has 2 amide bonds. The van der Waals surface area contributed by atoms with Gasteiger partial charge in [0.1, 0.15) is 6.61 Å². The van der Waals surface area contributed by atoms with Crippen LogP contribution >= 0.6 is 0 Å². The fraction of sp³-hybridized carbons (Fsp3) is 0.500. The van der Waals surface area contributed by atoms with E-state index in [1.54, 1.807) is 19.0 Å². The number of hydrogen-bond acceptors (Lipinski definition) is 3. The van der Waals surface area contributed by atoms with Crippen LogP contribution < -0.4 is 0 Å².